The highest BCUT2D eigenvalue weighted by Crippen LogP contribution is 2.29. The zero-order valence-corrected chi connectivity index (χ0v) is 17.6. The molecule has 0 aliphatic rings. The highest BCUT2D eigenvalue weighted by molar-refractivity contribution is 5.19. The molecule has 0 spiro atoms. The minimum absolute atomic E-state index is 0.653. The first-order chi connectivity index (χ1) is 13.2. The molecule has 2 aromatic rings. The van der Waals surface area contributed by atoms with Gasteiger partial charge in [0.25, 0.3) is 0 Å². The number of hydrogen-bond donors (Lipinski definition) is 0. The average Bonchev–Trinajstić information content (AvgIpc) is 2.72. The van der Waals surface area contributed by atoms with Crippen LogP contribution in [0.1, 0.15) is 88.7 Å². The van der Waals surface area contributed by atoms with Crippen LogP contribution >= 0.6 is 0 Å². The van der Waals surface area contributed by atoms with Crippen LogP contribution in [-0.4, -0.2) is 0 Å². The van der Waals surface area contributed by atoms with Gasteiger partial charge in [-0.3, -0.25) is 0 Å². The van der Waals surface area contributed by atoms with E-state index in [4.69, 9.17) is 0 Å². The molecule has 0 fully saturated rings. The van der Waals surface area contributed by atoms with Crippen molar-refractivity contribution >= 4 is 0 Å². The van der Waals surface area contributed by atoms with E-state index in [0.717, 1.165) is 11.8 Å². The maximum absolute atomic E-state index is 2.43. The quantitative estimate of drug-likeness (QED) is 0.262. The molecule has 0 aliphatic carbocycles. The highest BCUT2D eigenvalue weighted by Gasteiger charge is 2.13. The third kappa shape index (κ3) is 8.16. The fourth-order valence-electron chi connectivity index (χ4n) is 3.98. The molecule has 3 unspecified atom stereocenters. The second-order valence-corrected chi connectivity index (χ2v) is 8.15. The molecular weight excluding hydrogens is 324 g/mol. The van der Waals surface area contributed by atoms with Crippen LogP contribution in [0.25, 0.3) is 0 Å². The van der Waals surface area contributed by atoms with Gasteiger partial charge >= 0.3 is 0 Å². The van der Waals surface area contributed by atoms with Crippen LogP contribution in [0.2, 0.25) is 0 Å². The monoisotopic (exact) mass is 362 g/mol. The summed E-state index contributed by atoms with van der Waals surface area (Å²) in [7, 11) is 0. The van der Waals surface area contributed by atoms with Gasteiger partial charge in [-0.1, -0.05) is 100 Å². The number of benzene rings is 2. The minimum atomic E-state index is 0.653. The van der Waals surface area contributed by atoms with Crippen LogP contribution in [-0.2, 0) is 0 Å². The first kappa shape index (κ1) is 21.5. The lowest BCUT2D eigenvalue weighted by Gasteiger charge is -2.20. The molecule has 0 nitrogen and oxygen atoms in total. The van der Waals surface area contributed by atoms with E-state index in [-0.39, 0.29) is 0 Å². The summed E-state index contributed by atoms with van der Waals surface area (Å²) in [6, 6.07) is 21.9. The van der Waals surface area contributed by atoms with E-state index >= 15 is 0 Å². The Balaban J connectivity index is 1.59. The van der Waals surface area contributed by atoms with E-state index in [2.05, 4.69) is 93.6 Å². The summed E-state index contributed by atoms with van der Waals surface area (Å²) in [5.74, 6) is 2.18. The Kier molecular flexibility index (Phi) is 9.98. The number of allylic oxidation sites excluding steroid dienone is 2. The van der Waals surface area contributed by atoms with Crippen molar-refractivity contribution in [1.82, 2.24) is 0 Å². The molecule has 0 heteroatoms. The molecule has 0 radical (unpaired) electrons. The van der Waals surface area contributed by atoms with E-state index in [1.807, 2.05) is 0 Å². The molecule has 0 amide bonds. The molecule has 2 rings (SSSR count). The Morgan fingerprint density at radius 3 is 1.96 bits per heavy atom. The van der Waals surface area contributed by atoms with Crippen molar-refractivity contribution < 1.29 is 0 Å². The Labute approximate surface area is 167 Å². The summed E-state index contributed by atoms with van der Waals surface area (Å²) >= 11 is 0. The van der Waals surface area contributed by atoms with Crippen molar-refractivity contribution in [3.8, 4) is 0 Å². The van der Waals surface area contributed by atoms with Gasteiger partial charge in [-0.05, 0) is 67.4 Å². The molecular formula is C27H38. The fourth-order valence-corrected chi connectivity index (χ4v) is 3.98. The lowest BCUT2D eigenvalue weighted by Crippen LogP contribution is -2.04. The van der Waals surface area contributed by atoms with Gasteiger partial charge in [0.1, 0.15) is 0 Å². The second kappa shape index (κ2) is 12.5. The molecule has 3 atom stereocenters. The summed E-state index contributed by atoms with van der Waals surface area (Å²) in [6.45, 7) is 7.09. The van der Waals surface area contributed by atoms with E-state index in [0.29, 0.717) is 5.92 Å². The van der Waals surface area contributed by atoms with Crippen molar-refractivity contribution in [3.05, 3.63) is 83.9 Å². The average molecular weight is 363 g/mol. The zero-order valence-electron chi connectivity index (χ0n) is 17.6. The standard InChI is InChI=1S/C27H38/c1-4-25(27-20-14-9-15-21-27)22-23(2)16-10-6-5-7-11-17-24(3)26-18-12-8-13-19-26/h5,7-9,12-15,18-21,23-25H,4,6,10-11,16-17,22H2,1-3H3/b7-5+. The van der Waals surface area contributed by atoms with Crippen molar-refractivity contribution in [2.24, 2.45) is 5.92 Å². The minimum Gasteiger partial charge on any atom is -0.0885 e. The zero-order chi connectivity index (χ0) is 19.3. The van der Waals surface area contributed by atoms with Crippen LogP contribution in [0.3, 0.4) is 0 Å². The normalized spacial score (nSPS) is 14.9. The number of unbranched alkanes of at least 4 members (excludes halogenated alkanes) is 1. The van der Waals surface area contributed by atoms with Gasteiger partial charge in [0.05, 0.1) is 0 Å². The first-order valence-electron chi connectivity index (χ1n) is 11.0. The summed E-state index contributed by atoms with van der Waals surface area (Å²) in [6.07, 6.45) is 13.7. The second-order valence-electron chi connectivity index (χ2n) is 8.15. The molecule has 0 saturated heterocycles. The molecule has 0 bridgehead atoms. The molecule has 0 heterocycles. The lowest BCUT2D eigenvalue weighted by molar-refractivity contribution is 0.423. The van der Waals surface area contributed by atoms with Crippen LogP contribution in [0.4, 0.5) is 0 Å². The van der Waals surface area contributed by atoms with Gasteiger partial charge in [0.2, 0.25) is 0 Å². The Morgan fingerprint density at radius 1 is 0.741 bits per heavy atom. The molecule has 2 aromatic carbocycles. The summed E-state index contributed by atoms with van der Waals surface area (Å²) in [4.78, 5) is 0. The lowest BCUT2D eigenvalue weighted by atomic mass is 9.86. The van der Waals surface area contributed by atoms with E-state index < -0.39 is 0 Å². The third-order valence-electron chi connectivity index (χ3n) is 5.82. The van der Waals surface area contributed by atoms with Crippen molar-refractivity contribution in [3.63, 3.8) is 0 Å². The molecule has 0 aliphatic heterocycles. The highest BCUT2D eigenvalue weighted by atomic mass is 14.2. The van der Waals surface area contributed by atoms with Crippen LogP contribution in [0.5, 0.6) is 0 Å². The summed E-state index contributed by atoms with van der Waals surface area (Å²) in [5.41, 5.74) is 2.97. The predicted molar refractivity (Wildman–Crippen MR) is 120 cm³/mol. The van der Waals surface area contributed by atoms with E-state index in [1.165, 1.54) is 56.1 Å². The van der Waals surface area contributed by atoms with Crippen LogP contribution in [0, 0.1) is 5.92 Å². The van der Waals surface area contributed by atoms with Gasteiger partial charge in [-0.25, -0.2) is 0 Å². The topological polar surface area (TPSA) is 0 Å². The summed E-state index contributed by atoms with van der Waals surface area (Å²) < 4.78 is 0. The SMILES string of the molecule is CCC(CC(C)CCC/C=C/CCC(C)c1ccccc1)c1ccccc1. The Bertz CT molecular complexity index is 626. The molecule has 0 aromatic heterocycles. The molecule has 0 N–H and O–H groups in total. The maximum atomic E-state index is 2.43. The largest absolute Gasteiger partial charge is 0.0885 e. The first-order valence-corrected chi connectivity index (χ1v) is 11.0. The van der Waals surface area contributed by atoms with Gasteiger partial charge in [0.15, 0.2) is 0 Å². The molecule has 146 valence electrons. The smallest absolute Gasteiger partial charge is 0.0162 e. The van der Waals surface area contributed by atoms with Crippen LogP contribution in [0.15, 0.2) is 72.8 Å². The predicted octanol–water partition coefficient (Wildman–Crippen LogP) is 8.52. The summed E-state index contributed by atoms with van der Waals surface area (Å²) in [5, 5.41) is 0. The van der Waals surface area contributed by atoms with Crippen LogP contribution < -0.4 is 0 Å². The molecule has 0 saturated carbocycles. The van der Waals surface area contributed by atoms with Crippen molar-refractivity contribution in [2.45, 2.75) is 77.6 Å². The van der Waals surface area contributed by atoms with Gasteiger partial charge in [-0.15, -0.1) is 0 Å². The van der Waals surface area contributed by atoms with Gasteiger partial charge in [0, 0.05) is 0 Å². The van der Waals surface area contributed by atoms with Gasteiger partial charge in [-0.2, -0.15) is 0 Å². The van der Waals surface area contributed by atoms with E-state index in [1.54, 1.807) is 0 Å². The fraction of sp³-hybridized carbons (Fsp3) is 0.481. The molecule has 27 heavy (non-hydrogen) atoms. The number of rotatable bonds is 12. The van der Waals surface area contributed by atoms with E-state index in [9.17, 15) is 0 Å². The Morgan fingerprint density at radius 2 is 1.33 bits per heavy atom. The Hall–Kier alpha value is -1.82. The van der Waals surface area contributed by atoms with Crippen molar-refractivity contribution in [2.75, 3.05) is 0 Å². The number of hydrogen-bond acceptors (Lipinski definition) is 0. The van der Waals surface area contributed by atoms with Gasteiger partial charge < -0.3 is 0 Å². The third-order valence-corrected chi connectivity index (χ3v) is 5.82. The van der Waals surface area contributed by atoms with Crippen molar-refractivity contribution in [1.29, 1.82) is 0 Å². The maximum Gasteiger partial charge on any atom is -0.0162 e.